The molecular weight excluding hydrogens is 295 g/mol. The summed E-state index contributed by atoms with van der Waals surface area (Å²) in [4.78, 5) is 16.5. The van der Waals surface area contributed by atoms with Crippen LogP contribution in [-0.4, -0.2) is 17.3 Å². The van der Waals surface area contributed by atoms with E-state index in [1.807, 2.05) is 6.92 Å². The second-order valence-corrected chi connectivity index (χ2v) is 6.17. The van der Waals surface area contributed by atoms with Crippen LogP contribution in [0.5, 0.6) is 0 Å². The second-order valence-electron chi connectivity index (χ2n) is 6.17. The number of fused-ring (bicyclic) bond motifs is 1. The van der Waals surface area contributed by atoms with Gasteiger partial charge in [0.1, 0.15) is 5.60 Å². The highest BCUT2D eigenvalue weighted by Gasteiger charge is 2.35. The van der Waals surface area contributed by atoms with E-state index in [1.54, 1.807) is 20.8 Å². The Labute approximate surface area is 127 Å². The molecule has 1 aromatic carbocycles. The van der Waals surface area contributed by atoms with E-state index in [1.165, 1.54) is 0 Å². The smallest absolute Gasteiger partial charge is 0.416 e. The largest absolute Gasteiger partial charge is 0.456 e. The van der Waals surface area contributed by atoms with Gasteiger partial charge in [-0.15, -0.1) is 0 Å². The van der Waals surface area contributed by atoms with Gasteiger partial charge in [-0.25, -0.2) is 4.79 Å². The summed E-state index contributed by atoms with van der Waals surface area (Å²) < 4.78 is 44.5. The first-order chi connectivity index (χ1) is 10.0. The SMILES string of the molecule is CCC1=NCc2c(C(=O)OC(C)(C)C)cc(C(F)(F)F)cc21. The van der Waals surface area contributed by atoms with Crippen molar-refractivity contribution in [3.8, 4) is 0 Å². The Kier molecular flexibility index (Phi) is 4.06. The first-order valence-corrected chi connectivity index (χ1v) is 7.04. The fourth-order valence-corrected chi connectivity index (χ4v) is 2.34. The van der Waals surface area contributed by atoms with Crippen LogP contribution in [0.1, 0.15) is 61.2 Å². The van der Waals surface area contributed by atoms with E-state index < -0.39 is 23.3 Å². The van der Waals surface area contributed by atoms with E-state index in [0.717, 1.165) is 12.1 Å². The Hall–Kier alpha value is -1.85. The average molecular weight is 313 g/mol. The number of carbonyl (C=O) groups is 1. The summed E-state index contributed by atoms with van der Waals surface area (Å²) in [5.41, 5.74) is -0.170. The summed E-state index contributed by atoms with van der Waals surface area (Å²) in [6.45, 7) is 7.05. The highest BCUT2D eigenvalue weighted by Crippen LogP contribution is 2.35. The maximum atomic E-state index is 13.1. The number of benzene rings is 1. The number of ether oxygens (including phenoxy) is 1. The van der Waals surface area contributed by atoms with E-state index >= 15 is 0 Å². The van der Waals surface area contributed by atoms with Crippen molar-refractivity contribution in [1.82, 2.24) is 0 Å². The molecular formula is C16H18F3NO2. The topological polar surface area (TPSA) is 38.7 Å². The van der Waals surface area contributed by atoms with Gasteiger partial charge in [0.25, 0.3) is 0 Å². The van der Waals surface area contributed by atoms with Gasteiger partial charge in [0, 0.05) is 11.3 Å². The highest BCUT2D eigenvalue weighted by atomic mass is 19.4. The Balaban J connectivity index is 2.55. The van der Waals surface area contributed by atoms with Crippen molar-refractivity contribution in [3.63, 3.8) is 0 Å². The van der Waals surface area contributed by atoms with Crippen molar-refractivity contribution in [2.75, 3.05) is 0 Å². The first kappa shape index (κ1) is 16.5. The van der Waals surface area contributed by atoms with Crippen molar-refractivity contribution < 1.29 is 22.7 Å². The number of alkyl halides is 3. The summed E-state index contributed by atoms with van der Waals surface area (Å²) >= 11 is 0. The van der Waals surface area contributed by atoms with Gasteiger partial charge in [0.2, 0.25) is 0 Å². The lowest BCUT2D eigenvalue weighted by molar-refractivity contribution is -0.137. The van der Waals surface area contributed by atoms with Crippen molar-refractivity contribution >= 4 is 11.7 Å². The molecule has 0 unspecified atom stereocenters. The average Bonchev–Trinajstić information content (AvgIpc) is 2.77. The molecule has 0 radical (unpaired) electrons. The van der Waals surface area contributed by atoms with Crippen LogP contribution in [0.25, 0.3) is 0 Å². The monoisotopic (exact) mass is 313 g/mol. The third kappa shape index (κ3) is 3.31. The number of esters is 1. The van der Waals surface area contributed by atoms with E-state index in [9.17, 15) is 18.0 Å². The Morgan fingerprint density at radius 2 is 1.91 bits per heavy atom. The Bertz CT molecular complexity index is 640. The minimum absolute atomic E-state index is 0.0491. The number of halogens is 3. The minimum atomic E-state index is -4.52. The third-order valence-electron chi connectivity index (χ3n) is 3.27. The zero-order chi connectivity index (χ0) is 16.7. The van der Waals surface area contributed by atoms with Crippen LogP contribution in [0, 0.1) is 0 Å². The number of rotatable bonds is 2. The molecule has 2 rings (SSSR count). The molecule has 1 heterocycles. The van der Waals surface area contributed by atoms with Crippen molar-refractivity contribution in [2.45, 2.75) is 52.4 Å². The molecule has 6 heteroatoms. The second kappa shape index (κ2) is 5.41. The van der Waals surface area contributed by atoms with Gasteiger partial charge in [-0.05, 0) is 44.9 Å². The van der Waals surface area contributed by atoms with Crippen LogP contribution in [0.15, 0.2) is 17.1 Å². The molecule has 0 bridgehead atoms. The number of hydrogen-bond donors (Lipinski definition) is 0. The summed E-state index contributed by atoms with van der Waals surface area (Å²) in [5.74, 6) is -0.748. The molecule has 0 N–H and O–H groups in total. The van der Waals surface area contributed by atoms with Gasteiger partial charge >= 0.3 is 12.1 Å². The van der Waals surface area contributed by atoms with Crippen molar-refractivity contribution in [2.24, 2.45) is 4.99 Å². The van der Waals surface area contributed by atoms with E-state index in [2.05, 4.69) is 4.99 Å². The molecule has 0 fully saturated rings. The molecule has 0 amide bonds. The molecule has 1 aromatic rings. The fraction of sp³-hybridized carbons (Fsp3) is 0.500. The van der Waals surface area contributed by atoms with Gasteiger partial charge in [-0.1, -0.05) is 6.92 Å². The standard InChI is InChI=1S/C16H18F3NO2/c1-5-13-10-6-9(16(17,18)19)7-11(12(10)8-20-13)14(21)22-15(2,3)4/h6-7H,5,8H2,1-4H3. The van der Waals surface area contributed by atoms with Crippen LogP contribution in [0.4, 0.5) is 13.2 Å². The maximum absolute atomic E-state index is 13.1. The summed E-state index contributed by atoms with van der Waals surface area (Å²) in [5, 5.41) is 0. The molecule has 0 aliphatic carbocycles. The van der Waals surface area contributed by atoms with Gasteiger partial charge in [0.05, 0.1) is 17.7 Å². The van der Waals surface area contributed by atoms with E-state index in [4.69, 9.17) is 4.74 Å². The minimum Gasteiger partial charge on any atom is -0.456 e. The predicted molar refractivity (Wildman–Crippen MR) is 77.1 cm³/mol. The predicted octanol–water partition coefficient (Wildman–Crippen LogP) is 4.37. The molecule has 0 saturated heterocycles. The quantitative estimate of drug-likeness (QED) is 0.760. The molecule has 0 saturated carbocycles. The van der Waals surface area contributed by atoms with Crippen LogP contribution >= 0.6 is 0 Å². The number of hydrogen-bond acceptors (Lipinski definition) is 3. The lowest BCUT2D eigenvalue weighted by Gasteiger charge is -2.21. The molecule has 0 aromatic heterocycles. The van der Waals surface area contributed by atoms with Crippen LogP contribution < -0.4 is 0 Å². The number of aliphatic imine (C=N–C) groups is 1. The van der Waals surface area contributed by atoms with Crippen LogP contribution in [-0.2, 0) is 17.5 Å². The van der Waals surface area contributed by atoms with Gasteiger partial charge in [-0.3, -0.25) is 4.99 Å². The zero-order valence-corrected chi connectivity index (χ0v) is 13.0. The zero-order valence-electron chi connectivity index (χ0n) is 13.0. The Morgan fingerprint density at radius 3 is 2.41 bits per heavy atom. The van der Waals surface area contributed by atoms with Gasteiger partial charge < -0.3 is 4.74 Å². The van der Waals surface area contributed by atoms with E-state index in [0.29, 0.717) is 23.3 Å². The van der Waals surface area contributed by atoms with Gasteiger partial charge in [0.15, 0.2) is 0 Å². The van der Waals surface area contributed by atoms with Gasteiger partial charge in [-0.2, -0.15) is 13.2 Å². The lowest BCUT2D eigenvalue weighted by atomic mass is 9.95. The molecule has 1 aliphatic heterocycles. The van der Waals surface area contributed by atoms with Crippen LogP contribution in [0.3, 0.4) is 0 Å². The molecule has 3 nitrogen and oxygen atoms in total. The first-order valence-electron chi connectivity index (χ1n) is 7.04. The summed E-state index contributed by atoms with van der Waals surface area (Å²) in [7, 11) is 0. The summed E-state index contributed by atoms with van der Waals surface area (Å²) in [6.07, 6.45) is -4.00. The maximum Gasteiger partial charge on any atom is 0.416 e. The summed E-state index contributed by atoms with van der Waals surface area (Å²) in [6, 6.07) is 1.93. The van der Waals surface area contributed by atoms with E-state index in [-0.39, 0.29) is 12.1 Å². The molecule has 0 atom stereocenters. The molecule has 22 heavy (non-hydrogen) atoms. The molecule has 120 valence electrons. The molecule has 0 spiro atoms. The Morgan fingerprint density at radius 1 is 1.27 bits per heavy atom. The lowest BCUT2D eigenvalue weighted by Crippen LogP contribution is -2.25. The fourth-order valence-electron chi connectivity index (χ4n) is 2.34. The van der Waals surface area contributed by atoms with Crippen molar-refractivity contribution in [3.05, 3.63) is 34.4 Å². The van der Waals surface area contributed by atoms with Crippen molar-refractivity contribution in [1.29, 1.82) is 0 Å². The number of carbonyl (C=O) groups excluding carboxylic acids is 1. The number of nitrogens with zero attached hydrogens (tertiary/aromatic N) is 1. The molecule has 1 aliphatic rings. The van der Waals surface area contributed by atoms with Crippen LogP contribution in [0.2, 0.25) is 0 Å². The normalized spacial score (nSPS) is 14.6. The third-order valence-corrected chi connectivity index (χ3v) is 3.27. The highest BCUT2D eigenvalue weighted by molar-refractivity contribution is 6.06.